The molecule has 0 radical (unpaired) electrons. The molecule has 1 atom stereocenters. The second-order valence-corrected chi connectivity index (χ2v) is 6.68. The number of ketones is 1. The first-order valence-corrected chi connectivity index (χ1v) is 9.43. The molecular formula is C21H34NO2+. The predicted molar refractivity (Wildman–Crippen MR) is 98.8 cm³/mol. The molecule has 0 aliphatic carbocycles. The Balaban J connectivity index is 2.24. The predicted octanol–water partition coefficient (Wildman–Crippen LogP) is 4.55. The molecule has 0 saturated carbocycles. The zero-order valence-electron chi connectivity index (χ0n) is 15.3. The van der Waals surface area contributed by atoms with Crippen molar-refractivity contribution in [3.8, 4) is 0 Å². The number of pyridine rings is 1. The zero-order valence-corrected chi connectivity index (χ0v) is 15.3. The minimum absolute atomic E-state index is 0.109. The van der Waals surface area contributed by atoms with E-state index >= 15 is 0 Å². The maximum Gasteiger partial charge on any atom is 0.225 e. The number of allylic oxidation sites excluding steroid dienone is 1. The van der Waals surface area contributed by atoms with Crippen LogP contribution >= 0.6 is 0 Å². The molecule has 24 heavy (non-hydrogen) atoms. The Hall–Kier alpha value is -1.48. The van der Waals surface area contributed by atoms with Gasteiger partial charge in [0.2, 0.25) is 11.8 Å². The van der Waals surface area contributed by atoms with Crippen LogP contribution in [0.25, 0.3) is 0 Å². The SMILES string of the molecule is C=C(C)C(=O)C(CCCCCCCCCCCO)[n+]1ccccc1. The van der Waals surface area contributed by atoms with Crippen LogP contribution in [0.3, 0.4) is 0 Å². The van der Waals surface area contributed by atoms with Gasteiger partial charge < -0.3 is 5.11 Å². The second-order valence-electron chi connectivity index (χ2n) is 6.68. The molecule has 1 rings (SSSR count). The summed E-state index contributed by atoms with van der Waals surface area (Å²) in [7, 11) is 0. The highest BCUT2D eigenvalue weighted by Gasteiger charge is 2.26. The van der Waals surface area contributed by atoms with E-state index in [4.69, 9.17) is 5.11 Å². The van der Waals surface area contributed by atoms with Gasteiger partial charge in [0.25, 0.3) is 0 Å². The minimum Gasteiger partial charge on any atom is -0.396 e. The van der Waals surface area contributed by atoms with E-state index in [0.717, 1.165) is 25.7 Å². The zero-order chi connectivity index (χ0) is 17.6. The summed E-state index contributed by atoms with van der Waals surface area (Å²) in [5.74, 6) is 0.148. The third-order valence-corrected chi connectivity index (χ3v) is 4.46. The molecule has 1 aromatic rings. The van der Waals surface area contributed by atoms with Crippen molar-refractivity contribution >= 4 is 5.78 Å². The summed E-state index contributed by atoms with van der Waals surface area (Å²) < 4.78 is 2.01. The molecule has 1 heterocycles. The second kappa shape index (κ2) is 12.9. The molecule has 0 aliphatic rings. The standard InChI is InChI=1S/C21H34NO2/c1-19(2)21(24)20(22-16-12-10-13-17-22)15-11-8-6-4-3-5-7-9-14-18-23/h10,12-13,16-17,20,23H,1,3-9,11,14-15,18H2,2H3/q+1. The van der Waals surface area contributed by atoms with E-state index in [1.807, 2.05) is 35.2 Å². The van der Waals surface area contributed by atoms with Crippen molar-refractivity contribution in [2.45, 2.75) is 77.2 Å². The van der Waals surface area contributed by atoms with Crippen LogP contribution in [0.1, 0.15) is 77.2 Å². The summed E-state index contributed by atoms with van der Waals surface area (Å²) in [5.41, 5.74) is 0.638. The molecule has 1 N–H and O–H groups in total. The number of carbonyl (C=O) groups is 1. The highest BCUT2D eigenvalue weighted by Crippen LogP contribution is 2.16. The molecular weight excluding hydrogens is 298 g/mol. The number of unbranched alkanes of at least 4 members (excludes halogenated alkanes) is 8. The number of Topliss-reactive ketones (excluding diaryl/α,β-unsaturated/α-hetero) is 1. The Kier molecular flexibility index (Phi) is 11.0. The molecule has 0 bridgehead atoms. The number of aliphatic hydroxyl groups is 1. The van der Waals surface area contributed by atoms with Crippen LogP contribution in [-0.4, -0.2) is 17.5 Å². The van der Waals surface area contributed by atoms with Gasteiger partial charge in [0.05, 0.1) is 0 Å². The Morgan fingerprint density at radius 1 is 0.917 bits per heavy atom. The lowest BCUT2D eigenvalue weighted by molar-refractivity contribution is -0.709. The highest BCUT2D eigenvalue weighted by atomic mass is 16.2. The summed E-state index contributed by atoms with van der Waals surface area (Å²) >= 11 is 0. The van der Waals surface area contributed by atoms with Crippen LogP contribution in [0.4, 0.5) is 0 Å². The molecule has 1 aromatic heterocycles. The molecule has 0 spiro atoms. The highest BCUT2D eigenvalue weighted by molar-refractivity contribution is 5.96. The van der Waals surface area contributed by atoms with E-state index in [0.29, 0.717) is 12.2 Å². The number of carbonyl (C=O) groups excluding carboxylic acids is 1. The maximum atomic E-state index is 12.4. The van der Waals surface area contributed by atoms with Crippen LogP contribution < -0.4 is 4.57 Å². The summed E-state index contributed by atoms with van der Waals surface area (Å²) in [5, 5.41) is 8.74. The Morgan fingerprint density at radius 2 is 1.42 bits per heavy atom. The van der Waals surface area contributed by atoms with Crippen molar-refractivity contribution in [1.29, 1.82) is 0 Å². The van der Waals surface area contributed by atoms with E-state index in [2.05, 4.69) is 6.58 Å². The van der Waals surface area contributed by atoms with Crippen molar-refractivity contribution in [3.63, 3.8) is 0 Å². The van der Waals surface area contributed by atoms with Gasteiger partial charge in [0, 0.05) is 25.2 Å². The fourth-order valence-electron chi connectivity index (χ4n) is 3.01. The summed E-state index contributed by atoms with van der Waals surface area (Å²) in [6.45, 7) is 5.95. The van der Waals surface area contributed by atoms with Crippen LogP contribution in [0, 0.1) is 0 Å². The van der Waals surface area contributed by atoms with Gasteiger partial charge in [0.1, 0.15) is 0 Å². The molecule has 3 nitrogen and oxygen atoms in total. The average molecular weight is 333 g/mol. The summed E-state index contributed by atoms with van der Waals surface area (Å²) in [4.78, 5) is 12.4. The quantitative estimate of drug-likeness (QED) is 0.308. The lowest BCUT2D eigenvalue weighted by Crippen LogP contribution is -2.43. The fraction of sp³-hybridized carbons (Fsp3) is 0.619. The van der Waals surface area contributed by atoms with E-state index in [9.17, 15) is 4.79 Å². The van der Waals surface area contributed by atoms with Gasteiger partial charge in [-0.05, 0) is 25.3 Å². The average Bonchev–Trinajstić information content (AvgIpc) is 2.60. The molecule has 0 amide bonds. The third kappa shape index (κ3) is 8.39. The Morgan fingerprint density at radius 3 is 1.92 bits per heavy atom. The van der Waals surface area contributed by atoms with E-state index in [-0.39, 0.29) is 11.8 Å². The molecule has 0 aromatic carbocycles. The van der Waals surface area contributed by atoms with Gasteiger partial charge in [-0.25, -0.2) is 0 Å². The number of aliphatic hydroxyl groups excluding tert-OH is 1. The molecule has 3 heteroatoms. The number of hydrogen-bond acceptors (Lipinski definition) is 2. The normalized spacial score (nSPS) is 12.1. The van der Waals surface area contributed by atoms with Crippen molar-refractivity contribution in [2.75, 3.05) is 6.61 Å². The molecule has 1 unspecified atom stereocenters. The van der Waals surface area contributed by atoms with Crippen LogP contribution in [0.5, 0.6) is 0 Å². The number of rotatable bonds is 14. The first kappa shape index (κ1) is 20.6. The Bertz CT molecular complexity index is 470. The monoisotopic (exact) mass is 332 g/mol. The topological polar surface area (TPSA) is 41.2 Å². The van der Waals surface area contributed by atoms with Crippen molar-refractivity contribution in [2.24, 2.45) is 0 Å². The molecule has 134 valence electrons. The maximum absolute atomic E-state index is 12.4. The largest absolute Gasteiger partial charge is 0.396 e. The number of aromatic nitrogens is 1. The van der Waals surface area contributed by atoms with Crippen LogP contribution in [-0.2, 0) is 4.79 Å². The minimum atomic E-state index is -0.109. The number of nitrogens with zero attached hydrogens (tertiary/aromatic N) is 1. The third-order valence-electron chi connectivity index (χ3n) is 4.46. The fourth-order valence-corrected chi connectivity index (χ4v) is 3.01. The summed E-state index contributed by atoms with van der Waals surface area (Å²) in [6, 6.07) is 5.80. The van der Waals surface area contributed by atoms with Crippen molar-refractivity contribution in [3.05, 3.63) is 42.7 Å². The van der Waals surface area contributed by atoms with Crippen LogP contribution in [0.15, 0.2) is 42.7 Å². The van der Waals surface area contributed by atoms with Gasteiger partial charge in [-0.15, -0.1) is 0 Å². The first-order valence-electron chi connectivity index (χ1n) is 9.43. The van der Waals surface area contributed by atoms with Gasteiger partial charge >= 0.3 is 0 Å². The van der Waals surface area contributed by atoms with E-state index in [1.54, 1.807) is 6.92 Å². The van der Waals surface area contributed by atoms with E-state index in [1.165, 1.54) is 38.5 Å². The van der Waals surface area contributed by atoms with E-state index < -0.39 is 0 Å². The van der Waals surface area contributed by atoms with Crippen LogP contribution in [0.2, 0.25) is 0 Å². The molecule has 0 saturated heterocycles. The Labute approximate surface area is 147 Å². The van der Waals surface area contributed by atoms with Gasteiger partial charge in [-0.1, -0.05) is 57.6 Å². The lowest BCUT2D eigenvalue weighted by atomic mass is 9.99. The van der Waals surface area contributed by atoms with Gasteiger partial charge in [0.15, 0.2) is 12.4 Å². The summed E-state index contributed by atoms with van der Waals surface area (Å²) in [6.07, 6.45) is 15.5. The molecule has 0 fully saturated rings. The van der Waals surface area contributed by atoms with Crippen molar-refractivity contribution < 1.29 is 14.5 Å². The van der Waals surface area contributed by atoms with Crippen molar-refractivity contribution in [1.82, 2.24) is 0 Å². The smallest absolute Gasteiger partial charge is 0.225 e. The first-order chi connectivity index (χ1) is 11.7. The lowest BCUT2D eigenvalue weighted by Gasteiger charge is -2.11. The molecule has 0 aliphatic heterocycles. The van der Waals surface area contributed by atoms with Gasteiger partial charge in [-0.2, -0.15) is 4.57 Å². The number of hydrogen-bond donors (Lipinski definition) is 1. The van der Waals surface area contributed by atoms with Gasteiger partial charge in [-0.3, -0.25) is 4.79 Å².